The highest BCUT2D eigenvalue weighted by Gasteiger charge is 2.52. The van der Waals surface area contributed by atoms with E-state index in [0.29, 0.717) is 18.2 Å². The Morgan fingerprint density at radius 3 is 2.10 bits per heavy atom. The molecule has 1 aromatic carbocycles. The molecule has 320 valence electrons. The number of amides is 4. The lowest BCUT2D eigenvalue weighted by molar-refractivity contribution is -0.144. The molecule has 8 unspecified atom stereocenters. The molecule has 7 rings (SSSR count). The number of pyridine rings is 1. The molecule has 17 heteroatoms. The van der Waals surface area contributed by atoms with Crippen LogP contribution in [0.4, 0.5) is 9.59 Å². The fourth-order valence-electron chi connectivity index (χ4n) is 8.93. The summed E-state index contributed by atoms with van der Waals surface area (Å²) in [5, 5.41) is 5.33. The van der Waals surface area contributed by atoms with Crippen molar-refractivity contribution in [3.63, 3.8) is 0 Å². The second-order valence-electron chi connectivity index (χ2n) is 15.8. The number of alkyl carbamates (subject to hydrolysis) is 2. The summed E-state index contributed by atoms with van der Waals surface area (Å²) < 4.78 is 20.5. The van der Waals surface area contributed by atoms with Crippen LogP contribution in [0.3, 0.4) is 0 Å². The smallest absolute Gasteiger partial charge is 0.407 e. The lowest BCUT2D eigenvalue weighted by atomic mass is 9.96. The van der Waals surface area contributed by atoms with Crippen LogP contribution in [-0.4, -0.2) is 125 Å². The van der Waals surface area contributed by atoms with Crippen LogP contribution in [-0.2, 0) is 28.5 Å². The predicted octanol–water partition coefficient (Wildman–Crippen LogP) is 5.40. The zero-order valence-electron chi connectivity index (χ0n) is 35.0. The van der Waals surface area contributed by atoms with E-state index in [9.17, 15) is 19.2 Å². The van der Waals surface area contributed by atoms with Gasteiger partial charge in [0.15, 0.2) is 0 Å². The molecule has 1 aliphatic carbocycles. The summed E-state index contributed by atoms with van der Waals surface area (Å²) in [6, 6.07) is 10.7. The van der Waals surface area contributed by atoms with E-state index in [-0.39, 0.29) is 42.4 Å². The van der Waals surface area contributed by atoms with Crippen LogP contribution in [0.1, 0.15) is 76.1 Å². The zero-order valence-corrected chi connectivity index (χ0v) is 35.0. The number of aromatic nitrogens is 5. The van der Waals surface area contributed by atoms with E-state index in [0.717, 1.165) is 72.3 Å². The van der Waals surface area contributed by atoms with Gasteiger partial charge in [-0.3, -0.25) is 14.6 Å². The average Bonchev–Trinajstić information content (AvgIpc) is 4.13. The van der Waals surface area contributed by atoms with Gasteiger partial charge in [-0.2, -0.15) is 0 Å². The summed E-state index contributed by atoms with van der Waals surface area (Å²) in [4.78, 5) is 76.8. The van der Waals surface area contributed by atoms with Crippen molar-refractivity contribution in [2.24, 2.45) is 11.8 Å². The van der Waals surface area contributed by atoms with Gasteiger partial charge in [0.25, 0.3) is 0 Å². The molecule has 4 aromatic rings. The van der Waals surface area contributed by atoms with Gasteiger partial charge in [0.2, 0.25) is 11.8 Å². The van der Waals surface area contributed by atoms with E-state index in [1.807, 2.05) is 59.3 Å². The molecular formula is C43H55N9O8. The maximum atomic E-state index is 14.0. The van der Waals surface area contributed by atoms with Crippen LogP contribution in [0.25, 0.3) is 33.8 Å². The van der Waals surface area contributed by atoms with Gasteiger partial charge in [-0.25, -0.2) is 19.6 Å². The number of nitrogens with zero attached hydrogens (tertiary/aromatic N) is 5. The van der Waals surface area contributed by atoms with Crippen molar-refractivity contribution in [2.75, 3.05) is 41.5 Å². The summed E-state index contributed by atoms with van der Waals surface area (Å²) in [5.74, 6) is 0.765. The quantitative estimate of drug-likeness (QED) is 0.127. The maximum absolute atomic E-state index is 14.0. The molecule has 3 fully saturated rings. The van der Waals surface area contributed by atoms with Crippen LogP contribution in [0, 0.1) is 11.8 Å². The minimum atomic E-state index is -0.903. The standard InChI is InChI=1S/C43H55N9O8/c1-24(57-3)31(21-47-42(55)59-5)40(53)51-18-8-7-9-35(51)38-45-22-33(48-38)27-12-10-26(11-13-27)32-17-15-29(20-44-32)34-23-46-39(49-34)37-28-14-16-30(19-28)52(37)41(54)36(25(2)58-4)50-43(56)60-6/h10-13,15,17,20,22-25,28,30-31,35-37H,7-9,14,16,18-19,21H2,1-6H3,(H,45,48)(H,46,49)(H,47,55)(H,50,56). The molecule has 60 heavy (non-hydrogen) atoms. The number of likely N-dealkylation sites (tertiary alicyclic amines) is 2. The van der Waals surface area contributed by atoms with Gasteiger partial charge in [-0.05, 0) is 76.0 Å². The van der Waals surface area contributed by atoms with Gasteiger partial charge >= 0.3 is 12.2 Å². The van der Waals surface area contributed by atoms with E-state index >= 15 is 0 Å². The number of hydrogen-bond acceptors (Lipinski definition) is 11. The molecule has 2 bridgehead atoms. The van der Waals surface area contributed by atoms with E-state index in [2.05, 4.69) is 20.6 Å². The van der Waals surface area contributed by atoms with Crippen molar-refractivity contribution >= 4 is 24.0 Å². The molecule has 3 aromatic heterocycles. The van der Waals surface area contributed by atoms with Crippen molar-refractivity contribution in [3.05, 3.63) is 66.6 Å². The van der Waals surface area contributed by atoms with Gasteiger partial charge in [0.05, 0.1) is 73.9 Å². The number of H-pyrrole nitrogens is 2. The zero-order chi connectivity index (χ0) is 42.5. The Labute approximate surface area is 349 Å². The first-order chi connectivity index (χ1) is 29.0. The van der Waals surface area contributed by atoms with Crippen LogP contribution >= 0.6 is 0 Å². The van der Waals surface area contributed by atoms with E-state index in [1.54, 1.807) is 26.4 Å². The van der Waals surface area contributed by atoms with Crippen molar-refractivity contribution in [2.45, 2.75) is 88.7 Å². The minimum Gasteiger partial charge on any atom is -0.453 e. The highest BCUT2D eigenvalue weighted by molar-refractivity contribution is 5.87. The van der Waals surface area contributed by atoms with Gasteiger partial charge in [-0.15, -0.1) is 0 Å². The maximum Gasteiger partial charge on any atom is 0.407 e. The predicted molar refractivity (Wildman–Crippen MR) is 220 cm³/mol. The second-order valence-corrected chi connectivity index (χ2v) is 15.8. The highest BCUT2D eigenvalue weighted by Crippen LogP contribution is 2.50. The van der Waals surface area contributed by atoms with Crippen LogP contribution < -0.4 is 10.6 Å². The van der Waals surface area contributed by atoms with Crippen LogP contribution in [0.5, 0.6) is 0 Å². The molecule has 5 heterocycles. The molecule has 1 saturated carbocycles. The number of rotatable bonds is 14. The number of nitrogens with one attached hydrogen (secondary N) is 4. The minimum absolute atomic E-state index is 0.0558. The van der Waals surface area contributed by atoms with Crippen molar-refractivity contribution < 1.29 is 38.1 Å². The number of imidazole rings is 2. The molecule has 17 nitrogen and oxygen atoms in total. The molecule has 4 amide bonds. The first-order valence-corrected chi connectivity index (χ1v) is 20.6. The summed E-state index contributed by atoms with van der Waals surface area (Å²) in [6.07, 6.45) is 8.50. The fourth-order valence-corrected chi connectivity index (χ4v) is 8.93. The molecule has 0 spiro atoms. The SMILES string of the molecule is COC(=O)NCC(C(=O)N1CCCCC1c1ncc(-c2ccc(-c3ccc(-c4cnc(C5C6CCC(C6)N5C(=O)C(NC(=O)OC)C(C)OC)[nH]4)cn3)cc2)[nH]1)C(C)OC. The number of carbonyl (C=O) groups is 4. The van der Waals surface area contributed by atoms with Crippen molar-refractivity contribution in [1.29, 1.82) is 0 Å². The number of fused-ring (bicyclic) bond motifs is 2. The van der Waals surface area contributed by atoms with Crippen molar-refractivity contribution in [3.8, 4) is 33.8 Å². The number of ether oxygens (including phenoxy) is 4. The third-order valence-corrected chi connectivity index (χ3v) is 12.5. The lowest BCUT2D eigenvalue weighted by Gasteiger charge is -2.38. The number of hydrogen-bond donors (Lipinski definition) is 4. The Kier molecular flexibility index (Phi) is 13.1. The van der Waals surface area contributed by atoms with E-state index < -0.39 is 36.4 Å². The number of methoxy groups -OCH3 is 4. The molecule has 0 radical (unpaired) electrons. The van der Waals surface area contributed by atoms with Crippen molar-refractivity contribution in [1.82, 2.24) is 45.4 Å². The van der Waals surface area contributed by atoms with Crippen LogP contribution in [0.2, 0.25) is 0 Å². The third-order valence-electron chi connectivity index (χ3n) is 12.5. The number of benzene rings is 1. The molecule has 4 N–H and O–H groups in total. The monoisotopic (exact) mass is 825 g/mol. The first kappa shape index (κ1) is 42.3. The highest BCUT2D eigenvalue weighted by atomic mass is 16.5. The second kappa shape index (κ2) is 18.6. The fraction of sp³-hybridized carbons (Fsp3) is 0.512. The van der Waals surface area contributed by atoms with E-state index in [1.165, 1.54) is 21.3 Å². The molecule has 2 saturated heterocycles. The Morgan fingerprint density at radius 2 is 1.42 bits per heavy atom. The summed E-state index contributed by atoms with van der Waals surface area (Å²) >= 11 is 0. The topological polar surface area (TPSA) is 206 Å². The Bertz CT molecular complexity index is 2120. The number of piperidine rings is 2. The normalized spacial score (nSPS) is 21.8. The Morgan fingerprint density at radius 1 is 0.750 bits per heavy atom. The molecular weight excluding hydrogens is 771 g/mol. The summed E-state index contributed by atoms with van der Waals surface area (Å²) in [6.45, 7) is 4.25. The van der Waals surface area contributed by atoms with Crippen LogP contribution in [0.15, 0.2) is 55.0 Å². The largest absolute Gasteiger partial charge is 0.453 e. The molecule has 3 aliphatic rings. The Hall–Kier alpha value is -5.81. The average molecular weight is 826 g/mol. The Balaban J connectivity index is 1.02. The molecule has 2 aliphatic heterocycles. The molecule has 8 atom stereocenters. The first-order valence-electron chi connectivity index (χ1n) is 20.6. The number of carbonyl (C=O) groups excluding carboxylic acids is 4. The summed E-state index contributed by atoms with van der Waals surface area (Å²) in [5.41, 5.74) is 5.17. The van der Waals surface area contributed by atoms with Gasteiger partial charge in [0, 0.05) is 50.7 Å². The van der Waals surface area contributed by atoms with E-state index in [4.69, 9.17) is 33.9 Å². The summed E-state index contributed by atoms with van der Waals surface area (Å²) in [7, 11) is 5.62. The van der Waals surface area contributed by atoms with Gasteiger partial charge in [0.1, 0.15) is 17.7 Å². The van der Waals surface area contributed by atoms with Gasteiger partial charge in [-0.1, -0.05) is 24.3 Å². The van der Waals surface area contributed by atoms with Gasteiger partial charge < -0.3 is 49.3 Å². The number of aromatic amines is 2. The lowest BCUT2D eigenvalue weighted by Crippen LogP contribution is -2.56. The third kappa shape index (κ3) is 8.73.